The molecule has 5 heteroatoms. The molecule has 2 aromatic carbocycles. The van der Waals surface area contributed by atoms with Crippen molar-refractivity contribution in [2.24, 2.45) is 5.92 Å². The van der Waals surface area contributed by atoms with Crippen molar-refractivity contribution in [1.29, 1.82) is 0 Å². The van der Waals surface area contributed by atoms with Gasteiger partial charge >= 0.3 is 5.97 Å². The Morgan fingerprint density at radius 2 is 1.88 bits per heavy atom. The molecule has 2 aromatic rings. The van der Waals surface area contributed by atoms with Gasteiger partial charge < -0.3 is 5.11 Å². The summed E-state index contributed by atoms with van der Waals surface area (Å²) in [6, 6.07) is 15.6. The van der Waals surface area contributed by atoms with Gasteiger partial charge in [0.15, 0.2) is 0 Å². The summed E-state index contributed by atoms with van der Waals surface area (Å²) in [4.78, 5) is 13.6. The van der Waals surface area contributed by atoms with Crippen LogP contribution in [0.5, 0.6) is 0 Å². The van der Waals surface area contributed by atoms with E-state index >= 15 is 0 Å². The molecule has 1 aliphatic rings. The van der Waals surface area contributed by atoms with E-state index in [1.54, 1.807) is 6.07 Å². The van der Waals surface area contributed by atoms with E-state index in [1.807, 2.05) is 42.5 Å². The Morgan fingerprint density at radius 3 is 2.58 bits per heavy atom. The predicted molar refractivity (Wildman–Crippen MR) is 96.7 cm³/mol. The van der Waals surface area contributed by atoms with Crippen molar-refractivity contribution in [3.63, 3.8) is 0 Å². The van der Waals surface area contributed by atoms with E-state index < -0.39 is 5.97 Å². The predicted octanol–water partition coefficient (Wildman–Crippen LogP) is 4.88. The lowest BCUT2D eigenvalue weighted by Gasteiger charge is -2.38. The first-order valence-electron chi connectivity index (χ1n) is 8.03. The molecule has 2 unspecified atom stereocenters. The monoisotopic (exact) mass is 363 g/mol. The average molecular weight is 364 g/mol. The molecule has 3 rings (SSSR count). The first-order valence-corrected chi connectivity index (χ1v) is 8.79. The number of aliphatic carboxylic acids is 1. The fraction of sp³-hybridized carbons (Fsp3) is 0.316. The third-order valence-corrected chi connectivity index (χ3v) is 5.39. The summed E-state index contributed by atoms with van der Waals surface area (Å²) in [7, 11) is 0. The number of likely N-dealkylation sites (tertiary alicyclic amines) is 1. The molecular formula is C19H19Cl2NO2. The number of carboxylic acids is 1. The highest BCUT2D eigenvalue weighted by Gasteiger charge is 2.32. The highest BCUT2D eigenvalue weighted by molar-refractivity contribution is 6.42. The van der Waals surface area contributed by atoms with Gasteiger partial charge in [0.2, 0.25) is 0 Å². The maximum atomic E-state index is 11.4. The van der Waals surface area contributed by atoms with Crippen LogP contribution in [0.3, 0.4) is 0 Å². The van der Waals surface area contributed by atoms with Crippen LogP contribution in [0, 0.1) is 5.92 Å². The largest absolute Gasteiger partial charge is 0.481 e. The van der Waals surface area contributed by atoms with Crippen molar-refractivity contribution >= 4 is 29.2 Å². The first-order chi connectivity index (χ1) is 11.6. The molecule has 24 heavy (non-hydrogen) atoms. The van der Waals surface area contributed by atoms with E-state index in [9.17, 15) is 9.90 Å². The second-order valence-corrected chi connectivity index (χ2v) is 6.91. The van der Waals surface area contributed by atoms with Crippen LogP contribution in [0.1, 0.15) is 30.0 Å². The van der Waals surface area contributed by atoms with Gasteiger partial charge in [-0.25, -0.2) is 0 Å². The second kappa shape index (κ2) is 7.56. The third-order valence-electron chi connectivity index (χ3n) is 4.56. The summed E-state index contributed by atoms with van der Waals surface area (Å²) in [5, 5.41) is 10.5. The van der Waals surface area contributed by atoms with Gasteiger partial charge in [-0.05, 0) is 36.6 Å². The quantitative estimate of drug-likeness (QED) is 0.841. The van der Waals surface area contributed by atoms with Crippen molar-refractivity contribution in [2.45, 2.75) is 18.9 Å². The van der Waals surface area contributed by atoms with E-state index in [-0.39, 0.29) is 12.0 Å². The van der Waals surface area contributed by atoms with Crippen molar-refractivity contribution in [3.05, 3.63) is 69.7 Å². The summed E-state index contributed by atoms with van der Waals surface area (Å²) in [6.45, 7) is 1.35. The lowest BCUT2D eigenvalue weighted by atomic mass is 9.91. The SMILES string of the molecule is O=C(O)C1CCCN(C(c2ccccc2)c2cccc(Cl)c2Cl)C1. The Balaban J connectivity index is 2.03. The topological polar surface area (TPSA) is 40.5 Å². The Kier molecular flexibility index (Phi) is 5.44. The molecule has 3 nitrogen and oxygen atoms in total. The number of nitrogens with zero attached hydrogens (tertiary/aromatic N) is 1. The van der Waals surface area contributed by atoms with Crippen molar-refractivity contribution in [2.75, 3.05) is 13.1 Å². The summed E-state index contributed by atoms with van der Waals surface area (Å²) in [6.07, 6.45) is 1.58. The molecule has 1 heterocycles. The summed E-state index contributed by atoms with van der Waals surface area (Å²) >= 11 is 12.7. The standard InChI is InChI=1S/C19H19Cl2NO2/c20-16-10-4-9-15(17(16)21)18(13-6-2-1-3-7-13)22-11-5-8-14(12-22)19(23)24/h1-4,6-7,9-10,14,18H,5,8,11-12H2,(H,23,24). The van der Waals surface area contributed by atoms with Gasteiger partial charge in [-0.2, -0.15) is 0 Å². The second-order valence-electron chi connectivity index (χ2n) is 6.13. The van der Waals surface area contributed by atoms with Gasteiger partial charge in [0.05, 0.1) is 22.0 Å². The minimum atomic E-state index is -0.733. The molecule has 0 saturated carbocycles. The van der Waals surface area contributed by atoms with Gasteiger partial charge in [-0.1, -0.05) is 65.7 Å². The Hall–Kier alpha value is -1.55. The maximum absolute atomic E-state index is 11.4. The fourth-order valence-corrected chi connectivity index (χ4v) is 3.81. The Morgan fingerprint density at radius 1 is 1.12 bits per heavy atom. The van der Waals surface area contributed by atoms with Crippen LogP contribution in [0.25, 0.3) is 0 Å². The Labute approximate surface area is 151 Å². The van der Waals surface area contributed by atoms with E-state index in [2.05, 4.69) is 4.90 Å². The van der Waals surface area contributed by atoms with E-state index in [1.165, 1.54) is 0 Å². The van der Waals surface area contributed by atoms with Gasteiger partial charge in [0.1, 0.15) is 0 Å². The number of rotatable bonds is 4. The number of hydrogen-bond donors (Lipinski definition) is 1. The molecular weight excluding hydrogens is 345 g/mol. The molecule has 1 fully saturated rings. The molecule has 2 atom stereocenters. The van der Waals surface area contributed by atoms with Gasteiger partial charge in [0.25, 0.3) is 0 Å². The number of piperidine rings is 1. The highest BCUT2D eigenvalue weighted by Crippen LogP contribution is 2.38. The van der Waals surface area contributed by atoms with E-state index in [0.29, 0.717) is 16.6 Å². The lowest BCUT2D eigenvalue weighted by Crippen LogP contribution is -2.41. The van der Waals surface area contributed by atoms with Crippen LogP contribution in [0.4, 0.5) is 0 Å². The number of hydrogen-bond acceptors (Lipinski definition) is 2. The maximum Gasteiger partial charge on any atom is 0.307 e. The number of carboxylic acid groups (broad SMARTS) is 1. The van der Waals surface area contributed by atoms with Crippen LogP contribution < -0.4 is 0 Å². The molecule has 0 amide bonds. The summed E-state index contributed by atoms with van der Waals surface area (Å²) in [5.41, 5.74) is 2.01. The summed E-state index contributed by atoms with van der Waals surface area (Å²) < 4.78 is 0. The molecule has 0 radical (unpaired) electrons. The normalized spacial score (nSPS) is 19.8. The molecule has 1 saturated heterocycles. The van der Waals surface area contributed by atoms with E-state index in [4.69, 9.17) is 23.2 Å². The molecule has 1 aliphatic heterocycles. The van der Waals surface area contributed by atoms with Crippen molar-refractivity contribution in [1.82, 2.24) is 4.90 Å². The zero-order valence-corrected chi connectivity index (χ0v) is 14.7. The van der Waals surface area contributed by atoms with Crippen LogP contribution >= 0.6 is 23.2 Å². The van der Waals surface area contributed by atoms with Crippen LogP contribution in [0.15, 0.2) is 48.5 Å². The van der Waals surface area contributed by atoms with Gasteiger partial charge in [-0.15, -0.1) is 0 Å². The average Bonchev–Trinajstić information content (AvgIpc) is 2.60. The lowest BCUT2D eigenvalue weighted by molar-refractivity contribution is -0.143. The molecule has 0 aliphatic carbocycles. The fourth-order valence-electron chi connectivity index (χ4n) is 3.40. The van der Waals surface area contributed by atoms with Gasteiger partial charge in [0, 0.05) is 6.54 Å². The van der Waals surface area contributed by atoms with Crippen molar-refractivity contribution < 1.29 is 9.90 Å². The number of benzene rings is 2. The number of carbonyl (C=O) groups is 1. The molecule has 0 bridgehead atoms. The minimum absolute atomic E-state index is 0.0976. The van der Waals surface area contributed by atoms with Crippen molar-refractivity contribution in [3.8, 4) is 0 Å². The van der Waals surface area contributed by atoms with Crippen LogP contribution in [-0.4, -0.2) is 29.1 Å². The molecule has 126 valence electrons. The summed E-state index contributed by atoms with van der Waals surface area (Å²) in [5.74, 6) is -1.08. The molecule has 0 aromatic heterocycles. The van der Waals surface area contributed by atoms with Gasteiger partial charge in [-0.3, -0.25) is 9.69 Å². The molecule has 0 spiro atoms. The first kappa shape index (κ1) is 17.3. The van der Waals surface area contributed by atoms with Crippen LogP contribution in [-0.2, 0) is 4.79 Å². The minimum Gasteiger partial charge on any atom is -0.481 e. The Bertz CT molecular complexity index is 721. The number of halogens is 2. The zero-order chi connectivity index (χ0) is 17.1. The third kappa shape index (κ3) is 3.59. The van der Waals surface area contributed by atoms with Crippen LogP contribution in [0.2, 0.25) is 10.0 Å². The zero-order valence-electron chi connectivity index (χ0n) is 13.2. The molecule has 1 N–H and O–H groups in total. The highest BCUT2D eigenvalue weighted by atomic mass is 35.5. The van der Waals surface area contributed by atoms with E-state index in [0.717, 1.165) is 30.5 Å². The smallest absolute Gasteiger partial charge is 0.307 e.